The number of rotatable bonds is 6. The minimum absolute atomic E-state index is 0.274. The Bertz CT molecular complexity index is 1760. The van der Waals surface area contributed by atoms with Gasteiger partial charge in [-0.15, -0.1) is 11.3 Å². The number of furan rings is 1. The molecule has 8 nitrogen and oxygen atoms in total. The SMILES string of the molecule is COc1cc(OCc2csc(-c3ccc(C#N)nc3)n2)c2cc(-c3cn4cc(C)ccc4n3)oc2c1. The van der Waals surface area contributed by atoms with E-state index in [2.05, 4.69) is 9.97 Å². The van der Waals surface area contributed by atoms with E-state index in [9.17, 15) is 0 Å². The first-order valence-electron chi connectivity index (χ1n) is 11.1. The number of thiazole rings is 1. The van der Waals surface area contributed by atoms with Crippen LogP contribution in [-0.2, 0) is 6.61 Å². The highest BCUT2D eigenvalue weighted by Gasteiger charge is 2.16. The van der Waals surface area contributed by atoms with Crippen molar-refractivity contribution in [3.8, 4) is 39.6 Å². The largest absolute Gasteiger partial charge is 0.496 e. The van der Waals surface area contributed by atoms with Crippen LogP contribution in [0.2, 0.25) is 0 Å². The van der Waals surface area contributed by atoms with Crippen LogP contribution in [0.5, 0.6) is 11.5 Å². The van der Waals surface area contributed by atoms with E-state index in [1.807, 2.05) is 71.6 Å². The van der Waals surface area contributed by atoms with Crippen molar-refractivity contribution in [1.82, 2.24) is 19.4 Å². The Hall–Kier alpha value is -4.68. The fraction of sp³-hybridized carbons (Fsp3) is 0.111. The maximum Gasteiger partial charge on any atom is 0.155 e. The molecule has 0 unspecified atom stereocenters. The Morgan fingerprint density at radius 2 is 2.03 bits per heavy atom. The van der Waals surface area contributed by atoms with E-state index >= 15 is 0 Å². The van der Waals surface area contributed by atoms with Gasteiger partial charge in [0.25, 0.3) is 0 Å². The van der Waals surface area contributed by atoms with Crippen LogP contribution in [-0.4, -0.2) is 26.5 Å². The lowest BCUT2D eigenvalue weighted by Gasteiger charge is -2.07. The van der Waals surface area contributed by atoms with E-state index in [0.29, 0.717) is 28.5 Å². The summed E-state index contributed by atoms with van der Waals surface area (Å²) in [5.41, 5.74) is 5.40. The number of ether oxygens (including phenoxy) is 2. The molecule has 0 radical (unpaired) electrons. The Labute approximate surface area is 210 Å². The van der Waals surface area contributed by atoms with Crippen molar-refractivity contribution in [2.24, 2.45) is 0 Å². The summed E-state index contributed by atoms with van der Waals surface area (Å²) >= 11 is 1.50. The molecule has 0 bridgehead atoms. The molecule has 0 N–H and O–H groups in total. The number of aryl methyl sites for hydroxylation is 1. The zero-order chi connectivity index (χ0) is 24.6. The highest BCUT2D eigenvalue weighted by atomic mass is 32.1. The first-order chi connectivity index (χ1) is 17.6. The quantitative estimate of drug-likeness (QED) is 0.279. The van der Waals surface area contributed by atoms with Crippen LogP contribution in [0.1, 0.15) is 17.0 Å². The minimum atomic E-state index is 0.274. The summed E-state index contributed by atoms with van der Waals surface area (Å²) in [6.45, 7) is 2.32. The van der Waals surface area contributed by atoms with Crippen molar-refractivity contribution < 1.29 is 13.9 Å². The summed E-state index contributed by atoms with van der Waals surface area (Å²) in [5, 5.41) is 12.5. The minimum Gasteiger partial charge on any atom is -0.496 e. The van der Waals surface area contributed by atoms with Crippen LogP contribution in [0.15, 0.2) is 70.9 Å². The molecule has 0 saturated carbocycles. The molecule has 6 rings (SSSR count). The van der Waals surface area contributed by atoms with Crippen LogP contribution in [0, 0.1) is 18.3 Å². The average molecular weight is 494 g/mol. The molecule has 36 heavy (non-hydrogen) atoms. The van der Waals surface area contributed by atoms with Gasteiger partial charge < -0.3 is 18.3 Å². The van der Waals surface area contributed by atoms with Crippen molar-refractivity contribution in [1.29, 1.82) is 5.26 Å². The van der Waals surface area contributed by atoms with Crippen molar-refractivity contribution in [3.63, 3.8) is 0 Å². The number of fused-ring (bicyclic) bond motifs is 2. The number of imidazole rings is 1. The van der Waals surface area contributed by atoms with E-state index in [0.717, 1.165) is 38.6 Å². The summed E-state index contributed by atoms with van der Waals surface area (Å²) in [5.74, 6) is 1.91. The predicted octanol–water partition coefficient (Wildman–Crippen LogP) is 6.03. The Balaban J connectivity index is 1.29. The van der Waals surface area contributed by atoms with E-state index in [-0.39, 0.29) is 6.61 Å². The zero-order valence-corrected chi connectivity index (χ0v) is 20.2. The molecular formula is C27H19N5O3S. The second-order valence-corrected chi connectivity index (χ2v) is 9.08. The standard InChI is InChI=1S/C27H19N5O3S/c1-16-3-6-26-31-22(13-32(26)12-16)25-9-21-23(7-20(33-2)8-24(21)35-25)34-14-19-15-36-27(30-19)17-4-5-18(10-28)29-11-17/h3-9,11-13,15H,14H2,1-2H3. The number of benzene rings is 1. The van der Waals surface area contributed by atoms with E-state index in [4.69, 9.17) is 24.1 Å². The van der Waals surface area contributed by atoms with Gasteiger partial charge in [0, 0.05) is 41.7 Å². The summed E-state index contributed by atoms with van der Waals surface area (Å²) in [7, 11) is 1.61. The lowest BCUT2D eigenvalue weighted by molar-refractivity contribution is 0.303. The number of aromatic nitrogens is 4. The van der Waals surface area contributed by atoms with Crippen LogP contribution in [0.25, 0.3) is 38.6 Å². The summed E-state index contributed by atoms with van der Waals surface area (Å²) < 4.78 is 19.8. The van der Waals surface area contributed by atoms with Crippen LogP contribution in [0.3, 0.4) is 0 Å². The maximum atomic E-state index is 8.94. The van der Waals surface area contributed by atoms with Crippen molar-refractivity contribution >= 4 is 28.0 Å². The highest BCUT2D eigenvalue weighted by Crippen LogP contribution is 2.37. The second kappa shape index (κ2) is 8.83. The molecule has 176 valence electrons. The first kappa shape index (κ1) is 21.8. The molecule has 0 atom stereocenters. The first-order valence-corrected chi connectivity index (χ1v) is 12.0. The molecule has 0 saturated heterocycles. The molecule has 9 heteroatoms. The van der Waals surface area contributed by atoms with E-state index < -0.39 is 0 Å². The van der Waals surface area contributed by atoms with Crippen molar-refractivity contribution in [2.45, 2.75) is 13.5 Å². The topological polar surface area (TPSA) is 98.5 Å². The van der Waals surface area contributed by atoms with Gasteiger partial charge in [-0.2, -0.15) is 5.26 Å². The fourth-order valence-corrected chi connectivity index (χ4v) is 4.71. The molecule has 0 spiro atoms. The molecular weight excluding hydrogens is 474 g/mol. The smallest absolute Gasteiger partial charge is 0.155 e. The predicted molar refractivity (Wildman–Crippen MR) is 136 cm³/mol. The van der Waals surface area contributed by atoms with Crippen molar-refractivity contribution in [2.75, 3.05) is 7.11 Å². The molecule has 5 aromatic heterocycles. The third-order valence-corrected chi connectivity index (χ3v) is 6.65. The van der Waals surface area contributed by atoms with Crippen LogP contribution < -0.4 is 9.47 Å². The number of pyridine rings is 2. The Morgan fingerprint density at radius 1 is 1.11 bits per heavy atom. The highest BCUT2D eigenvalue weighted by molar-refractivity contribution is 7.13. The molecule has 0 fully saturated rings. The lowest BCUT2D eigenvalue weighted by Crippen LogP contribution is -1.97. The number of hydrogen-bond donors (Lipinski definition) is 0. The van der Waals surface area contributed by atoms with Gasteiger partial charge in [-0.05, 0) is 36.8 Å². The van der Waals surface area contributed by atoms with Gasteiger partial charge in [0.2, 0.25) is 0 Å². The van der Waals surface area contributed by atoms with Crippen LogP contribution >= 0.6 is 11.3 Å². The third kappa shape index (κ3) is 4.04. The Morgan fingerprint density at radius 3 is 2.83 bits per heavy atom. The number of hydrogen-bond acceptors (Lipinski definition) is 8. The second-order valence-electron chi connectivity index (χ2n) is 8.22. The third-order valence-electron chi connectivity index (χ3n) is 5.71. The van der Waals surface area contributed by atoms with Crippen LogP contribution in [0.4, 0.5) is 0 Å². The summed E-state index contributed by atoms with van der Waals surface area (Å²) in [4.78, 5) is 13.5. The van der Waals surface area contributed by atoms with Gasteiger partial charge in [-0.1, -0.05) is 6.07 Å². The monoisotopic (exact) mass is 493 g/mol. The number of nitrogens with zero attached hydrogens (tertiary/aromatic N) is 5. The van der Waals surface area contributed by atoms with Gasteiger partial charge in [0.15, 0.2) is 5.76 Å². The van der Waals surface area contributed by atoms with E-state index in [1.54, 1.807) is 19.4 Å². The molecule has 6 aromatic rings. The Kier molecular flexibility index (Phi) is 5.36. The number of nitriles is 1. The molecule has 0 aliphatic rings. The van der Waals surface area contributed by atoms with Gasteiger partial charge in [0.1, 0.15) is 51.8 Å². The lowest BCUT2D eigenvalue weighted by atomic mass is 10.2. The zero-order valence-electron chi connectivity index (χ0n) is 19.4. The summed E-state index contributed by atoms with van der Waals surface area (Å²) in [6, 6.07) is 15.2. The molecule has 0 aliphatic carbocycles. The average Bonchev–Trinajstić information content (AvgIpc) is 3.64. The normalized spacial score (nSPS) is 11.1. The summed E-state index contributed by atoms with van der Waals surface area (Å²) in [6.07, 6.45) is 5.63. The molecule has 0 aliphatic heterocycles. The molecule has 0 amide bonds. The van der Waals surface area contributed by atoms with Crippen molar-refractivity contribution in [3.05, 3.63) is 83.4 Å². The molecule has 5 heterocycles. The van der Waals surface area contributed by atoms with Gasteiger partial charge in [-0.25, -0.2) is 15.0 Å². The molecule has 1 aromatic carbocycles. The maximum absolute atomic E-state index is 8.94. The fourth-order valence-electron chi connectivity index (χ4n) is 3.91. The van der Waals surface area contributed by atoms with Gasteiger partial charge >= 0.3 is 0 Å². The number of methoxy groups -OCH3 is 1. The van der Waals surface area contributed by atoms with Gasteiger partial charge in [0.05, 0.1) is 18.2 Å². The van der Waals surface area contributed by atoms with E-state index in [1.165, 1.54) is 11.3 Å². The van der Waals surface area contributed by atoms with Gasteiger partial charge in [-0.3, -0.25) is 0 Å².